The summed E-state index contributed by atoms with van der Waals surface area (Å²) in [5, 5.41) is 0. The Kier molecular flexibility index (Phi) is 5.55. The van der Waals surface area contributed by atoms with Gasteiger partial charge in [0.1, 0.15) is 0 Å². The summed E-state index contributed by atoms with van der Waals surface area (Å²) in [5.74, 6) is 1.03. The van der Waals surface area contributed by atoms with Crippen LogP contribution in [0.2, 0.25) is 0 Å². The first kappa shape index (κ1) is 13.2. The van der Waals surface area contributed by atoms with Crippen LogP contribution in [-0.2, 0) is 0 Å². The highest BCUT2D eigenvalue weighted by Crippen LogP contribution is 2.29. The maximum absolute atomic E-state index is 3.90. The van der Waals surface area contributed by atoms with Crippen LogP contribution >= 0.6 is 11.8 Å². The Balaban J connectivity index is 4.58. The molecule has 0 unspecified atom stereocenters. The van der Waals surface area contributed by atoms with Crippen LogP contribution in [0, 0.1) is 5.41 Å². The molecular formula is C12H19NS. The zero-order valence-electron chi connectivity index (χ0n) is 9.34. The van der Waals surface area contributed by atoms with Gasteiger partial charge in [0.15, 0.2) is 0 Å². The van der Waals surface area contributed by atoms with Gasteiger partial charge in [-0.05, 0) is 18.2 Å². The average Bonchev–Trinajstić information content (AvgIpc) is 2.10. The van der Waals surface area contributed by atoms with E-state index in [1.165, 1.54) is 0 Å². The normalized spacial score (nSPS) is 13.1. The van der Waals surface area contributed by atoms with Gasteiger partial charge in [0.2, 0.25) is 0 Å². The van der Waals surface area contributed by atoms with Crippen LogP contribution < -0.4 is 0 Å². The average molecular weight is 209 g/mol. The summed E-state index contributed by atoms with van der Waals surface area (Å²) in [6.45, 7) is 17.6. The lowest BCUT2D eigenvalue weighted by Crippen LogP contribution is -2.08. The van der Waals surface area contributed by atoms with Gasteiger partial charge in [0.25, 0.3) is 0 Å². The second-order valence-corrected chi connectivity index (χ2v) is 5.18. The van der Waals surface area contributed by atoms with Crippen molar-refractivity contribution in [2.24, 2.45) is 10.4 Å². The Bertz CT molecular complexity index is 246. The molecule has 0 aromatic heterocycles. The summed E-state index contributed by atoms with van der Waals surface area (Å²) in [6.07, 6.45) is 3.52. The van der Waals surface area contributed by atoms with Gasteiger partial charge in [-0.2, -0.15) is 0 Å². The minimum Gasteiger partial charge on any atom is -0.264 e. The van der Waals surface area contributed by atoms with Gasteiger partial charge in [-0.1, -0.05) is 40.0 Å². The molecule has 0 spiro atoms. The molecule has 14 heavy (non-hydrogen) atoms. The molecule has 0 amide bonds. The Morgan fingerprint density at radius 2 is 1.86 bits per heavy atom. The first-order valence-electron chi connectivity index (χ1n) is 4.53. The van der Waals surface area contributed by atoms with Crippen molar-refractivity contribution in [1.82, 2.24) is 0 Å². The van der Waals surface area contributed by atoms with Gasteiger partial charge in [0, 0.05) is 10.7 Å². The Morgan fingerprint density at radius 1 is 1.29 bits per heavy atom. The first-order chi connectivity index (χ1) is 6.44. The van der Waals surface area contributed by atoms with E-state index in [9.17, 15) is 0 Å². The molecule has 0 aliphatic rings. The number of allylic oxidation sites excluding steroid dienone is 2. The summed E-state index contributed by atoms with van der Waals surface area (Å²) in [7, 11) is 0. The molecule has 1 nitrogen and oxygen atoms in total. The molecule has 78 valence electrons. The predicted molar refractivity (Wildman–Crippen MR) is 68.9 cm³/mol. The third kappa shape index (κ3) is 5.07. The van der Waals surface area contributed by atoms with E-state index in [1.54, 1.807) is 17.8 Å². The quantitative estimate of drug-likeness (QED) is 0.491. The van der Waals surface area contributed by atoms with Gasteiger partial charge in [-0.15, -0.1) is 11.8 Å². The van der Waals surface area contributed by atoms with Crippen molar-refractivity contribution in [1.29, 1.82) is 0 Å². The van der Waals surface area contributed by atoms with Crippen LogP contribution in [0.4, 0.5) is 0 Å². The van der Waals surface area contributed by atoms with Crippen molar-refractivity contribution >= 4 is 18.5 Å². The minimum absolute atomic E-state index is 0.298. The van der Waals surface area contributed by atoms with Gasteiger partial charge >= 0.3 is 0 Å². The summed E-state index contributed by atoms with van der Waals surface area (Å²) >= 11 is 1.74. The van der Waals surface area contributed by atoms with Crippen molar-refractivity contribution in [3.05, 3.63) is 35.9 Å². The van der Waals surface area contributed by atoms with E-state index < -0.39 is 0 Å². The fourth-order valence-electron chi connectivity index (χ4n) is 0.775. The van der Waals surface area contributed by atoms with E-state index in [4.69, 9.17) is 0 Å². The predicted octanol–water partition coefficient (Wildman–Crippen LogP) is 4.05. The zero-order chi connectivity index (χ0) is 11.2. The molecule has 0 N–H and O–H groups in total. The van der Waals surface area contributed by atoms with Crippen molar-refractivity contribution in [3.63, 3.8) is 0 Å². The number of nitrogens with zero attached hydrogens (tertiary/aromatic N) is 1. The van der Waals surface area contributed by atoms with E-state index in [-0.39, 0.29) is 0 Å². The second kappa shape index (κ2) is 5.86. The van der Waals surface area contributed by atoms with Gasteiger partial charge < -0.3 is 0 Å². The molecule has 2 heteroatoms. The fraction of sp³-hybridized carbons (Fsp3) is 0.417. The molecule has 0 rings (SSSR count). The van der Waals surface area contributed by atoms with E-state index in [1.807, 2.05) is 6.08 Å². The number of hydrogen-bond acceptors (Lipinski definition) is 2. The van der Waals surface area contributed by atoms with Crippen molar-refractivity contribution in [2.75, 3.05) is 5.75 Å². The number of thioether (sulfide) groups is 1. The van der Waals surface area contributed by atoms with Crippen molar-refractivity contribution in [2.45, 2.75) is 20.8 Å². The van der Waals surface area contributed by atoms with E-state index >= 15 is 0 Å². The molecule has 0 aliphatic heterocycles. The van der Waals surface area contributed by atoms with Crippen LogP contribution in [0.5, 0.6) is 0 Å². The van der Waals surface area contributed by atoms with Crippen molar-refractivity contribution < 1.29 is 0 Å². The lowest BCUT2D eigenvalue weighted by molar-refractivity contribution is 0.481. The van der Waals surface area contributed by atoms with Crippen LogP contribution in [-0.4, -0.2) is 12.5 Å². The van der Waals surface area contributed by atoms with Gasteiger partial charge in [-0.3, -0.25) is 4.99 Å². The Hall–Kier alpha value is -0.760. The van der Waals surface area contributed by atoms with Gasteiger partial charge in [-0.25, -0.2) is 0 Å². The summed E-state index contributed by atoms with van der Waals surface area (Å²) in [6, 6.07) is 0. The molecule has 0 heterocycles. The lowest BCUT2D eigenvalue weighted by atomic mass is 10.0. The molecule has 0 bridgehead atoms. The lowest BCUT2D eigenvalue weighted by Gasteiger charge is -2.17. The topological polar surface area (TPSA) is 12.4 Å². The van der Waals surface area contributed by atoms with Crippen molar-refractivity contribution in [3.8, 4) is 0 Å². The molecule has 0 saturated carbocycles. The Labute approximate surface area is 91.7 Å². The summed E-state index contributed by atoms with van der Waals surface area (Å²) in [4.78, 5) is 4.94. The SMILES string of the molecule is C=C/C(N=C)=C(\C=C)SCC(C)(C)C. The summed E-state index contributed by atoms with van der Waals surface area (Å²) in [5.41, 5.74) is 1.11. The number of hydrogen-bond donors (Lipinski definition) is 0. The highest BCUT2D eigenvalue weighted by molar-refractivity contribution is 8.03. The largest absolute Gasteiger partial charge is 0.264 e. The molecule has 0 aromatic carbocycles. The maximum atomic E-state index is 3.90. The van der Waals surface area contributed by atoms with Crippen LogP contribution in [0.1, 0.15) is 20.8 Å². The van der Waals surface area contributed by atoms with Crippen LogP contribution in [0.15, 0.2) is 40.9 Å². The number of aliphatic imine (C=N–C) groups is 1. The molecule has 0 fully saturated rings. The zero-order valence-corrected chi connectivity index (χ0v) is 10.2. The standard InChI is InChI=1S/C12H19NS/c1-7-10(13-6)11(8-2)14-9-12(3,4)5/h7-8H,1-2,6,9H2,3-5H3/b11-10-. The third-order valence-corrected chi connectivity index (χ3v) is 3.16. The van der Waals surface area contributed by atoms with E-state index in [2.05, 4.69) is 45.6 Å². The minimum atomic E-state index is 0.298. The maximum Gasteiger partial charge on any atom is 0.0752 e. The third-order valence-electron chi connectivity index (χ3n) is 1.46. The van der Waals surface area contributed by atoms with Gasteiger partial charge in [0.05, 0.1) is 5.70 Å². The monoisotopic (exact) mass is 209 g/mol. The molecule has 0 atom stereocenters. The smallest absolute Gasteiger partial charge is 0.0752 e. The highest BCUT2D eigenvalue weighted by Gasteiger charge is 2.11. The molecule has 0 saturated heterocycles. The number of rotatable bonds is 5. The van der Waals surface area contributed by atoms with E-state index in [0.29, 0.717) is 5.41 Å². The van der Waals surface area contributed by atoms with Crippen LogP contribution in [0.3, 0.4) is 0 Å². The fourth-order valence-corrected chi connectivity index (χ4v) is 1.78. The molecule has 0 aromatic rings. The molecule has 0 radical (unpaired) electrons. The van der Waals surface area contributed by atoms with E-state index in [0.717, 1.165) is 16.4 Å². The second-order valence-electron chi connectivity index (χ2n) is 4.17. The van der Waals surface area contributed by atoms with Crippen LogP contribution in [0.25, 0.3) is 0 Å². The Morgan fingerprint density at radius 3 is 2.14 bits per heavy atom. The molecular weight excluding hydrogens is 190 g/mol. The first-order valence-corrected chi connectivity index (χ1v) is 5.52. The highest BCUT2D eigenvalue weighted by atomic mass is 32.2. The molecule has 0 aliphatic carbocycles. The summed E-state index contributed by atoms with van der Waals surface area (Å²) < 4.78 is 0.